The molecule has 3 aromatic rings. The van der Waals surface area contributed by atoms with Crippen molar-refractivity contribution in [3.8, 4) is 0 Å². The zero-order valence-corrected chi connectivity index (χ0v) is 39.5. The molecule has 6 atom stereocenters. The Bertz CT molecular complexity index is 2240. The van der Waals surface area contributed by atoms with E-state index in [1.54, 1.807) is 6.20 Å². The van der Waals surface area contributed by atoms with Gasteiger partial charge in [0.1, 0.15) is 36.3 Å². The van der Waals surface area contributed by atoms with Gasteiger partial charge in [0, 0.05) is 56.0 Å². The maximum atomic E-state index is 14.7. The van der Waals surface area contributed by atoms with Gasteiger partial charge >= 0.3 is 0 Å². The van der Waals surface area contributed by atoms with Crippen molar-refractivity contribution in [3.05, 3.63) is 71.9 Å². The van der Waals surface area contributed by atoms with Gasteiger partial charge in [-0.25, -0.2) is 0 Å². The van der Waals surface area contributed by atoms with E-state index in [9.17, 15) is 33.6 Å². The van der Waals surface area contributed by atoms with Crippen molar-refractivity contribution in [1.29, 1.82) is 0 Å². The first-order chi connectivity index (χ1) is 32.7. The Morgan fingerprint density at radius 3 is 2.25 bits per heavy atom. The molecule has 18 heteroatoms. The number of nitrogens with two attached hydrogens (primary N) is 2. The molecule has 0 radical (unpaired) electrons. The largest absolute Gasteiger partial charge is 0.370 e. The number of carbonyl (C=O) groups excluding carboxylic acids is 7. The number of aliphatic imine (C=N–C) groups is 1. The van der Waals surface area contributed by atoms with E-state index in [-0.39, 0.29) is 81.9 Å². The average molecular weight is 938 g/mol. The first kappa shape index (κ1) is 50.9. The van der Waals surface area contributed by atoms with Gasteiger partial charge in [0.15, 0.2) is 5.96 Å². The number of nitrogens with one attached hydrogen (secondary N) is 7. The molecule has 7 amide bonds. The molecule has 68 heavy (non-hydrogen) atoms. The summed E-state index contributed by atoms with van der Waals surface area (Å²) >= 11 is 0. The number of fused-ring (bicyclic) bond motifs is 2. The van der Waals surface area contributed by atoms with Gasteiger partial charge in [0.25, 0.3) is 0 Å². The van der Waals surface area contributed by atoms with Crippen LogP contribution in [-0.4, -0.2) is 113 Å². The Balaban J connectivity index is 1.31. The summed E-state index contributed by atoms with van der Waals surface area (Å²) in [4.78, 5) is 109. The third-order valence-electron chi connectivity index (χ3n) is 13.2. The molecule has 18 nitrogen and oxygen atoms in total. The summed E-state index contributed by atoms with van der Waals surface area (Å²) in [6.45, 7) is 4.32. The number of para-hydroxylation sites is 1. The van der Waals surface area contributed by atoms with Crippen LogP contribution in [0.5, 0.6) is 0 Å². The van der Waals surface area contributed by atoms with Crippen LogP contribution in [0.25, 0.3) is 10.9 Å². The number of nitrogens with zero attached hydrogens (tertiary/aromatic N) is 2. The van der Waals surface area contributed by atoms with Crippen LogP contribution in [0.3, 0.4) is 0 Å². The second-order valence-corrected chi connectivity index (χ2v) is 19.0. The first-order valence-corrected chi connectivity index (χ1v) is 24.5. The van der Waals surface area contributed by atoms with Gasteiger partial charge < -0.3 is 53.3 Å². The number of rotatable bonds is 15. The van der Waals surface area contributed by atoms with Gasteiger partial charge in [-0.2, -0.15) is 0 Å². The molecule has 368 valence electrons. The molecule has 3 heterocycles. The van der Waals surface area contributed by atoms with Crippen LogP contribution in [0, 0.1) is 11.8 Å². The predicted octanol–water partition coefficient (Wildman–Crippen LogP) is 2.35. The lowest BCUT2D eigenvalue weighted by molar-refractivity contribution is -0.143. The summed E-state index contributed by atoms with van der Waals surface area (Å²) in [5, 5.41) is 18.5. The van der Waals surface area contributed by atoms with E-state index in [0.29, 0.717) is 25.7 Å². The van der Waals surface area contributed by atoms with Crippen LogP contribution in [0.2, 0.25) is 0 Å². The molecule has 0 spiro atoms. The lowest BCUT2D eigenvalue weighted by Crippen LogP contribution is -2.60. The number of hydrogen-bond acceptors (Lipinski definition) is 8. The van der Waals surface area contributed by atoms with Crippen LogP contribution < -0.4 is 43.4 Å². The van der Waals surface area contributed by atoms with Gasteiger partial charge in [-0.1, -0.05) is 94.5 Å². The minimum absolute atomic E-state index is 0.0402. The normalized spacial score (nSPS) is 23.0. The molecular formula is C50H71N11O7. The van der Waals surface area contributed by atoms with E-state index in [4.69, 9.17) is 11.5 Å². The molecule has 1 saturated carbocycles. The number of H-pyrrole nitrogens is 1. The fourth-order valence-electron chi connectivity index (χ4n) is 9.66. The second-order valence-electron chi connectivity index (χ2n) is 19.0. The van der Waals surface area contributed by atoms with E-state index in [0.717, 1.165) is 54.1 Å². The molecule has 3 unspecified atom stereocenters. The Labute approximate surface area is 398 Å². The average Bonchev–Trinajstić information content (AvgIpc) is 3.98. The Hall–Kier alpha value is -6.46. The van der Waals surface area contributed by atoms with Crippen molar-refractivity contribution in [1.82, 2.24) is 41.8 Å². The number of benzene rings is 2. The Kier molecular flexibility index (Phi) is 18.8. The highest BCUT2D eigenvalue weighted by atomic mass is 16.2. The summed E-state index contributed by atoms with van der Waals surface area (Å²) in [7, 11) is 0. The molecule has 1 aliphatic carbocycles. The lowest BCUT2D eigenvalue weighted by atomic mass is 9.84. The fourth-order valence-corrected chi connectivity index (χ4v) is 9.66. The van der Waals surface area contributed by atoms with Gasteiger partial charge in [-0.3, -0.25) is 38.6 Å². The second kappa shape index (κ2) is 25.1. The molecule has 0 bridgehead atoms. The minimum atomic E-state index is -1.14. The smallest absolute Gasteiger partial charge is 0.245 e. The summed E-state index contributed by atoms with van der Waals surface area (Å²) in [6, 6.07) is 10.6. The van der Waals surface area contributed by atoms with Gasteiger partial charge in [-0.15, -0.1) is 0 Å². The van der Waals surface area contributed by atoms with Crippen molar-refractivity contribution in [3.63, 3.8) is 0 Å². The van der Waals surface area contributed by atoms with Crippen LogP contribution >= 0.6 is 0 Å². The van der Waals surface area contributed by atoms with Crippen molar-refractivity contribution in [2.45, 2.75) is 146 Å². The third kappa shape index (κ3) is 14.8. The topological polar surface area (TPSA) is 275 Å². The quantitative estimate of drug-likeness (QED) is 0.0614. The first-order valence-electron chi connectivity index (χ1n) is 24.5. The Morgan fingerprint density at radius 2 is 1.50 bits per heavy atom. The highest BCUT2D eigenvalue weighted by molar-refractivity contribution is 5.98. The van der Waals surface area contributed by atoms with E-state index in [1.165, 1.54) is 4.90 Å². The van der Waals surface area contributed by atoms with Crippen LogP contribution in [-0.2, 0) is 46.4 Å². The van der Waals surface area contributed by atoms with Crippen molar-refractivity contribution >= 4 is 58.2 Å². The maximum absolute atomic E-state index is 14.7. The number of amides is 7. The third-order valence-corrected chi connectivity index (χ3v) is 13.2. The SMILES string of the molecule is CC(C)CC(=O)N[C@@H](Cc1ccccc1)C(=O)N[C@H]1CCCNC(=O)C(CCCN=C(N)N)NC(=O)C(Cc2c[nH]c3ccccc23)NC(=O)[C@@H](CC2CCCCC2)NC(=O)C2CCCN2C1=O. The van der Waals surface area contributed by atoms with E-state index in [1.807, 2.05) is 68.4 Å². The van der Waals surface area contributed by atoms with Crippen molar-refractivity contribution in [2.75, 3.05) is 19.6 Å². The summed E-state index contributed by atoms with van der Waals surface area (Å²) in [5.41, 5.74) is 13.6. The van der Waals surface area contributed by atoms with E-state index in [2.05, 4.69) is 41.9 Å². The molecular weight excluding hydrogens is 867 g/mol. The van der Waals surface area contributed by atoms with Crippen molar-refractivity contribution < 1.29 is 33.6 Å². The summed E-state index contributed by atoms with van der Waals surface area (Å²) in [5.74, 6) is -3.40. The van der Waals surface area contributed by atoms with Crippen LogP contribution in [0.15, 0.2) is 65.8 Å². The number of guanidine groups is 1. The zero-order chi connectivity index (χ0) is 48.6. The molecule has 2 saturated heterocycles. The summed E-state index contributed by atoms with van der Waals surface area (Å²) < 4.78 is 0. The molecule has 2 aliphatic heterocycles. The molecule has 3 fully saturated rings. The van der Waals surface area contributed by atoms with Gasteiger partial charge in [0.05, 0.1) is 0 Å². The zero-order valence-electron chi connectivity index (χ0n) is 39.5. The number of aromatic amines is 1. The fraction of sp³-hybridized carbons (Fsp3) is 0.560. The van der Waals surface area contributed by atoms with Crippen molar-refractivity contribution in [2.24, 2.45) is 28.3 Å². The molecule has 2 aromatic carbocycles. The molecule has 11 N–H and O–H groups in total. The Morgan fingerprint density at radius 1 is 0.794 bits per heavy atom. The minimum Gasteiger partial charge on any atom is -0.370 e. The van der Waals surface area contributed by atoms with Gasteiger partial charge in [0.2, 0.25) is 41.4 Å². The van der Waals surface area contributed by atoms with Crippen LogP contribution in [0.4, 0.5) is 0 Å². The number of hydrogen-bond donors (Lipinski definition) is 9. The molecule has 1 aromatic heterocycles. The van der Waals surface area contributed by atoms with E-state index >= 15 is 0 Å². The van der Waals surface area contributed by atoms with E-state index < -0.39 is 71.7 Å². The molecule has 6 rings (SSSR count). The van der Waals surface area contributed by atoms with Crippen LogP contribution in [0.1, 0.15) is 108 Å². The monoisotopic (exact) mass is 938 g/mol. The molecule has 3 aliphatic rings. The number of carbonyl (C=O) groups is 7. The standard InChI is InChI=1S/C50H71N11O7/c1-31(2)26-43(62)56-39(27-32-14-5-3-6-15-32)45(64)58-38-21-12-23-53-44(63)37(20-11-24-54-50(51)52)57-47(66)41(29-34-30-55-36-19-10-9-18-35(34)36)59-46(65)40(28-33-16-7-4-8-17-33)60-48(67)42-22-13-25-61(42)49(38)68/h3,5-6,9-10,14-15,18-19,30-31,33,37-42,55H,4,7-8,11-13,16-17,20-29H2,1-2H3,(H,53,63)(H,56,62)(H,57,66)(H,58,64)(H,59,65)(H,60,67)(H4,51,52,54)/t37?,38-,39-,40+,41?,42?/m0/s1. The number of aromatic nitrogens is 1. The highest BCUT2D eigenvalue weighted by Gasteiger charge is 2.41. The predicted molar refractivity (Wildman–Crippen MR) is 259 cm³/mol. The lowest BCUT2D eigenvalue weighted by Gasteiger charge is -2.32. The summed E-state index contributed by atoms with van der Waals surface area (Å²) in [6.07, 6.45) is 9.08. The highest BCUT2D eigenvalue weighted by Crippen LogP contribution is 2.28. The maximum Gasteiger partial charge on any atom is 0.245 e. The van der Waals surface area contributed by atoms with Gasteiger partial charge in [-0.05, 0) is 74.0 Å².